The van der Waals surface area contributed by atoms with Crippen LogP contribution in [0.3, 0.4) is 0 Å². The van der Waals surface area contributed by atoms with E-state index in [1.807, 2.05) is 0 Å². The average Bonchev–Trinajstić information content (AvgIpc) is 3.11. The van der Waals surface area contributed by atoms with E-state index in [0.717, 1.165) is 38.6 Å². The minimum absolute atomic E-state index is 0.189. The van der Waals surface area contributed by atoms with Gasteiger partial charge in [-0.1, -0.05) is 39.5 Å². The lowest BCUT2D eigenvalue weighted by Crippen LogP contribution is -2.46. The highest BCUT2D eigenvalue weighted by Gasteiger charge is 2.16. The van der Waals surface area contributed by atoms with Crippen molar-refractivity contribution in [2.75, 3.05) is 51.6 Å². The molecule has 0 bridgehead atoms. The number of aromatic nitrogens is 4. The highest BCUT2D eigenvalue weighted by Crippen LogP contribution is 2.18. The number of unbranched alkanes of at least 4 members (excludes halogenated alkanes) is 5. The second-order valence-electron chi connectivity index (χ2n) is 8.82. The van der Waals surface area contributed by atoms with Crippen LogP contribution in [0.15, 0.2) is 4.79 Å². The molecule has 0 aliphatic carbocycles. The number of hydrogen-bond donors (Lipinski definition) is 2. The van der Waals surface area contributed by atoms with Gasteiger partial charge in [0.25, 0.3) is 0 Å². The van der Waals surface area contributed by atoms with Crippen LogP contribution in [0.4, 0.5) is 5.82 Å². The molecule has 32 heavy (non-hydrogen) atoms. The minimum atomic E-state index is -0.189. The number of H-pyrrole nitrogens is 1. The second kappa shape index (κ2) is 12.8. The van der Waals surface area contributed by atoms with Crippen LogP contribution in [0.2, 0.25) is 0 Å². The lowest BCUT2D eigenvalue weighted by molar-refractivity contribution is 0.129. The monoisotopic (exact) mass is 447 g/mol. The van der Waals surface area contributed by atoms with Crippen LogP contribution in [0, 0.1) is 0 Å². The summed E-state index contributed by atoms with van der Waals surface area (Å²) in [5.74, 6) is 0.256. The number of nitrogens with two attached hydrogens (primary N) is 1. The van der Waals surface area contributed by atoms with Crippen LogP contribution in [0.25, 0.3) is 11.2 Å². The quantitative estimate of drug-likeness (QED) is 0.429. The van der Waals surface area contributed by atoms with Crippen LogP contribution < -0.4 is 16.2 Å². The van der Waals surface area contributed by atoms with Crippen molar-refractivity contribution in [3.05, 3.63) is 10.5 Å². The van der Waals surface area contributed by atoms with E-state index in [9.17, 15) is 4.79 Å². The highest BCUT2D eigenvalue weighted by molar-refractivity contribution is 5.81. The van der Waals surface area contributed by atoms with Crippen molar-refractivity contribution in [2.45, 2.75) is 71.8 Å². The van der Waals surface area contributed by atoms with Crippen molar-refractivity contribution >= 4 is 17.0 Å². The number of aromatic amines is 1. The molecule has 3 N–H and O–H groups in total. The number of rotatable bonds is 14. The Morgan fingerprint density at radius 1 is 0.875 bits per heavy atom. The number of fused-ring (bicyclic) bond motifs is 1. The summed E-state index contributed by atoms with van der Waals surface area (Å²) in [5, 5.41) is 0. The van der Waals surface area contributed by atoms with Crippen molar-refractivity contribution in [1.29, 1.82) is 0 Å². The highest BCUT2D eigenvalue weighted by atomic mass is 16.5. The first-order valence-corrected chi connectivity index (χ1v) is 12.5. The molecule has 2 aromatic rings. The van der Waals surface area contributed by atoms with Gasteiger partial charge in [-0.05, 0) is 38.8 Å². The van der Waals surface area contributed by atoms with E-state index in [-0.39, 0.29) is 17.5 Å². The molecule has 2 aromatic heterocycles. The van der Waals surface area contributed by atoms with Gasteiger partial charge < -0.3 is 25.3 Å². The zero-order chi connectivity index (χ0) is 22.8. The lowest BCUT2D eigenvalue weighted by Gasteiger charge is -2.34. The Morgan fingerprint density at radius 3 is 2.16 bits per heavy atom. The van der Waals surface area contributed by atoms with Crippen LogP contribution in [0.5, 0.6) is 6.01 Å². The first-order valence-electron chi connectivity index (χ1n) is 12.5. The molecule has 0 radical (unpaired) electrons. The minimum Gasteiger partial charge on any atom is -0.463 e. The number of nitrogen functional groups attached to an aromatic ring is 1. The zero-order valence-electron chi connectivity index (χ0n) is 19.9. The first kappa shape index (κ1) is 24.5. The number of aryl methyl sites for hydroxylation is 1. The predicted octanol–water partition coefficient (Wildman–Crippen LogP) is 2.86. The standard InChI is InChI=1S/C23H41N7O2/c1-3-5-8-11-28-14-16-29(17-15-28)12-9-7-10-13-30-21-19(25-23(30)31)20(24)26-22(27-21)32-18-6-4-2/h3-18H2,1-2H3,(H,25,31)(H2,24,26,27). The number of piperazine rings is 1. The molecule has 1 aliphatic heterocycles. The third-order valence-electron chi connectivity index (χ3n) is 6.26. The number of anilines is 1. The molecule has 0 spiro atoms. The summed E-state index contributed by atoms with van der Waals surface area (Å²) in [7, 11) is 0. The van der Waals surface area contributed by atoms with Gasteiger partial charge in [0.05, 0.1) is 6.61 Å². The Kier molecular flexibility index (Phi) is 9.80. The Hall–Kier alpha value is -2.13. The lowest BCUT2D eigenvalue weighted by atomic mass is 10.2. The Labute approximate surface area is 191 Å². The fourth-order valence-electron chi connectivity index (χ4n) is 4.21. The van der Waals surface area contributed by atoms with Gasteiger partial charge in [-0.15, -0.1) is 0 Å². The Morgan fingerprint density at radius 2 is 1.50 bits per heavy atom. The summed E-state index contributed by atoms with van der Waals surface area (Å²) in [6.45, 7) is 12.6. The van der Waals surface area contributed by atoms with Crippen LogP contribution >= 0.6 is 0 Å². The third kappa shape index (κ3) is 6.93. The molecular weight excluding hydrogens is 406 g/mol. The molecule has 180 valence electrons. The molecule has 1 saturated heterocycles. The molecule has 0 aromatic carbocycles. The van der Waals surface area contributed by atoms with E-state index in [2.05, 4.69) is 38.6 Å². The van der Waals surface area contributed by atoms with Crippen LogP contribution in [-0.2, 0) is 6.54 Å². The summed E-state index contributed by atoms with van der Waals surface area (Å²) in [6.07, 6.45) is 9.07. The van der Waals surface area contributed by atoms with Gasteiger partial charge in [-0.3, -0.25) is 4.57 Å². The van der Waals surface area contributed by atoms with E-state index >= 15 is 0 Å². The van der Waals surface area contributed by atoms with E-state index < -0.39 is 0 Å². The number of hydrogen-bond acceptors (Lipinski definition) is 7. The fourth-order valence-corrected chi connectivity index (χ4v) is 4.21. The summed E-state index contributed by atoms with van der Waals surface area (Å²) < 4.78 is 7.27. The maximum Gasteiger partial charge on any atom is 0.327 e. The SMILES string of the molecule is CCCCCN1CCN(CCCCCn2c(=O)[nH]c3c(N)nc(OCCCC)nc32)CC1. The molecule has 1 fully saturated rings. The zero-order valence-corrected chi connectivity index (χ0v) is 19.9. The van der Waals surface area contributed by atoms with Crippen molar-refractivity contribution in [1.82, 2.24) is 29.3 Å². The van der Waals surface area contributed by atoms with Gasteiger partial charge in [-0.25, -0.2) is 4.79 Å². The van der Waals surface area contributed by atoms with Gasteiger partial charge in [-0.2, -0.15) is 9.97 Å². The third-order valence-corrected chi connectivity index (χ3v) is 6.26. The van der Waals surface area contributed by atoms with Crippen molar-refractivity contribution in [2.24, 2.45) is 0 Å². The molecule has 1 aliphatic rings. The molecule has 9 heteroatoms. The molecule has 0 saturated carbocycles. The Bertz CT molecular complexity index is 871. The number of imidazole rings is 1. The maximum absolute atomic E-state index is 12.4. The smallest absolute Gasteiger partial charge is 0.327 e. The van der Waals surface area contributed by atoms with Gasteiger partial charge >= 0.3 is 11.7 Å². The van der Waals surface area contributed by atoms with Crippen molar-refractivity contribution in [3.8, 4) is 6.01 Å². The van der Waals surface area contributed by atoms with Gasteiger partial charge in [0.2, 0.25) is 0 Å². The number of nitrogens with one attached hydrogen (secondary N) is 1. The van der Waals surface area contributed by atoms with E-state index in [0.29, 0.717) is 24.3 Å². The first-order chi connectivity index (χ1) is 15.6. The van der Waals surface area contributed by atoms with E-state index in [4.69, 9.17) is 10.5 Å². The second-order valence-corrected chi connectivity index (χ2v) is 8.82. The molecule has 0 amide bonds. The van der Waals surface area contributed by atoms with Gasteiger partial charge in [0.1, 0.15) is 5.52 Å². The summed E-state index contributed by atoms with van der Waals surface area (Å²) in [4.78, 5) is 29.0. The maximum atomic E-state index is 12.4. The van der Waals surface area contributed by atoms with E-state index in [1.54, 1.807) is 4.57 Å². The topological polar surface area (TPSA) is 105 Å². The number of ether oxygens (including phenoxy) is 1. The molecular formula is C23H41N7O2. The molecule has 9 nitrogen and oxygen atoms in total. The Balaban J connectivity index is 1.42. The average molecular weight is 448 g/mol. The largest absolute Gasteiger partial charge is 0.463 e. The van der Waals surface area contributed by atoms with Crippen molar-refractivity contribution < 1.29 is 4.74 Å². The van der Waals surface area contributed by atoms with Crippen LogP contribution in [0.1, 0.15) is 65.2 Å². The van der Waals surface area contributed by atoms with Gasteiger partial charge in [0, 0.05) is 32.7 Å². The molecule has 3 heterocycles. The molecule has 0 atom stereocenters. The molecule has 3 rings (SSSR count). The normalized spacial score (nSPS) is 15.6. The molecule has 0 unspecified atom stereocenters. The number of nitrogens with zero attached hydrogens (tertiary/aromatic N) is 5. The summed E-state index contributed by atoms with van der Waals surface area (Å²) in [6, 6.07) is 0.241. The van der Waals surface area contributed by atoms with Crippen LogP contribution in [-0.4, -0.2) is 75.2 Å². The van der Waals surface area contributed by atoms with E-state index in [1.165, 1.54) is 52.0 Å². The fraction of sp³-hybridized carbons (Fsp3) is 0.783. The summed E-state index contributed by atoms with van der Waals surface area (Å²) in [5.41, 5.74) is 6.86. The van der Waals surface area contributed by atoms with Crippen molar-refractivity contribution in [3.63, 3.8) is 0 Å². The predicted molar refractivity (Wildman–Crippen MR) is 129 cm³/mol. The van der Waals surface area contributed by atoms with Gasteiger partial charge in [0.15, 0.2) is 11.5 Å². The summed E-state index contributed by atoms with van der Waals surface area (Å²) >= 11 is 0.